The number of nitrogens with one attached hydrogen (secondary N) is 2. The highest BCUT2D eigenvalue weighted by Crippen LogP contribution is 2.14. The van der Waals surface area contributed by atoms with Crippen LogP contribution in [0.1, 0.15) is 15.9 Å². The fourth-order valence-electron chi connectivity index (χ4n) is 3.40. The highest BCUT2D eigenvalue weighted by Gasteiger charge is 2.24. The second kappa shape index (κ2) is 12.0. The second-order valence-electron chi connectivity index (χ2n) is 7.58. The summed E-state index contributed by atoms with van der Waals surface area (Å²) in [6, 6.07) is 14.6. The first kappa shape index (κ1) is 24.3. The van der Waals surface area contributed by atoms with Crippen molar-refractivity contribution in [3.05, 3.63) is 70.8 Å². The molecule has 0 radical (unpaired) electrons. The van der Waals surface area contributed by atoms with Crippen molar-refractivity contribution >= 4 is 41.0 Å². The van der Waals surface area contributed by atoms with Crippen molar-refractivity contribution < 1.29 is 9.59 Å². The molecule has 1 fully saturated rings. The van der Waals surface area contributed by atoms with Gasteiger partial charge in [0.15, 0.2) is 0 Å². The number of hydrogen-bond acceptors (Lipinski definition) is 6. The number of likely N-dealkylation sites (N-methyl/N-ethyl adjacent to an activating group) is 1. The highest BCUT2D eigenvalue weighted by molar-refractivity contribution is 6.30. The molecule has 33 heavy (non-hydrogen) atoms. The molecule has 1 aliphatic rings. The van der Waals surface area contributed by atoms with Gasteiger partial charge in [0.1, 0.15) is 6.67 Å². The molecule has 3 rings (SSSR count). The lowest BCUT2D eigenvalue weighted by Gasteiger charge is -2.34. The van der Waals surface area contributed by atoms with E-state index in [1.807, 2.05) is 24.3 Å². The van der Waals surface area contributed by atoms with Gasteiger partial charge in [-0.15, -0.1) is 0 Å². The van der Waals surface area contributed by atoms with Crippen LogP contribution in [-0.4, -0.2) is 74.3 Å². The van der Waals surface area contributed by atoms with Gasteiger partial charge in [-0.1, -0.05) is 23.7 Å². The number of nitrogens with two attached hydrogens (primary N) is 1. The van der Waals surface area contributed by atoms with Crippen molar-refractivity contribution in [2.45, 2.75) is 0 Å². The number of amides is 2. The minimum atomic E-state index is -0.0249. The molecule has 174 valence electrons. The van der Waals surface area contributed by atoms with Gasteiger partial charge in [0.25, 0.3) is 5.91 Å². The summed E-state index contributed by atoms with van der Waals surface area (Å²) in [4.78, 5) is 32.6. The van der Waals surface area contributed by atoms with Crippen LogP contribution in [0.15, 0.2) is 59.6 Å². The molecular weight excluding hydrogens is 440 g/mol. The highest BCUT2D eigenvalue weighted by atomic mass is 35.5. The molecule has 1 heterocycles. The zero-order valence-electron chi connectivity index (χ0n) is 18.6. The maximum atomic E-state index is 12.8. The van der Waals surface area contributed by atoms with Crippen LogP contribution < -0.4 is 16.4 Å². The van der Waals surface area contributed by atoms with E-state index in [0.717, 1.165) is 11.3 Å². The predicted octanol–water partition coefficient (Wildman–Crippen LogP) is 2.28. The van der Waals surface area contributed by atoms with Gasteiger partial charge in [0.05, 0.1) is 6.54 Å². The second-order valence-corrected chi connectivity index (χ2v) is 8.01. The minimum absolute atomic E-state index is 0.0249. The van der Waals surface area contributed by atoms with E-state index in [0.29, 0.717) is 55.7 Å². The Kier molecular flexibility index (Phi) is 8.86. The van der Waals surface area contributed by atoms with E-state index >= 15 is 0 Å². The van der Waals surface area contributed by atoms with Crippen LogP contribution in [-0.2, 0) is 4.79 Å². The van der Waals surface area contributed by atoms with Crippen LogP contribution >= 0.6 is 11.6 Å². The Morgan fingerprint density at radius 2 is 1.61 bits per heavy atom. The quantitative estimate of drug-likeness (QED) is 0.516. The number of piperazine rings is 1. The summed E-state index contributed by atoms with van der Waals surface area (Å²) >= 11 is 5.88. The summed E-state index contributed by atoms with van der Waals surface area (Å²) < 4.78 is 0. The molecule has 1 aliphatic heterocycles. The Morgan fingerprint density at radius 3 is 2.24 bits per heavy atom. The minimum Gasteiger partial charge on any atom is -0.398 e. The monoisotopic (exact) mass is 468 g/mol. The summed E-state index contributed by atoms with van der Waals surface area (Å²) in [5, 5.41) is 6.71. The number of anilines is 1. The standard InChI is InChI=1S/C24H29ClN6O2/c1-27-16-23(32)30-12-14-31(15-13-30)24(33)19-4-8-21(9-5-19)29-17-28-11-10-22(26)18-2-6-20(25)7-3-18/h2-11,27,29H,12-17,26H2,1H3/b22-10-,28-11-. The molecule has 8 nitrogen and oxygen atoms in total. The lowest BCUT2D eigenvalue weighted by atomic mass is 10.1. The Morgan fingerprint density at radius 1 is 1.00 bits per heavy atom. The van der Waals surface area contributed by atoms with E-state index in [4.69, 9.17) is 17.3 Å². The predicted molar refractivity (Wildman–Crippen MR) is 133 cm³/mol. The third-order valence-electron chi connectivity index (χ3n) is 5.29. The molecule has 0 atom stereocenters. The maximum Gasteiger partial charge on any atom is 0.253 e. The molecule has 2 aromatic rings. The van der Waals surface area contributed by atoms with Crippen LogP contribution in [0.25, 0.3) is 5.70 Å². The molecule has 4 N–H and O–H groups in total. The number of nitrogens with zero attached hydrogens (tertiary/aromatic N) is 3. The summed E-state index contributed by atoms with van der Waals surface area (Å²) in [5.74, 6) is 0.0361. The third-order valence-corrected chi connectivity index (χ3v) is 5.54. The average Bonchev–Trinajstić information content (AvgIpc) is 2.84. The summed E-state index contributed by atoms with van der Waals surface area (Å²) in [7, 11) is 1.75. The van der Waals surface area contributed by atoms with E-state index in [-0.39, 0.29) is 11.8 Å². The number of rotatable bonds is 8. The van der Waals surface area contributed by atoms with Gasteiger partial charge >= 0.3 is 0 Å². The van der Waals surface area contributed by atoms with Gasteiger partial charge in [-0.05, 0) is 55.1 Å². The Balaban J connectivity index is 1.45. The van der Waals surface area contributed by atoms with Crippen molar-refractivity contribution in [1.82, 2.24) is 15.1 Å². The van der Waals surface area contributed by atoms with Crippen LogP contribution in [0.3, 0.4) is 0 Å². The van der Waals surface area contributed by atoms with Crippen LogP contribution in [0.5, 0.6) is 0 Å². The first-order valence-electron chi connectivity index (χ1n) is 10.7. The van der Waals surface area contributed by atoms with Crippen LogP contribution in [0.4, 0.5) is 5.69 Å². The van der Waals surface area contributed by atoms with Gasteiger partial charge in [0, 0.05) is 54.4 Å². The van der Waals surface area contributed by atoms with Gasteiger partial charge in [-0.2, -0.15) is 0 Å². The van der Waals surface area contributed by atoms with Crippen molar-refractivity contribution in [2.75, 3.05) is 51.8 Å². The van der Waals surface area contributed by atoms with Crippen molar-refractivity contribution in [3.8, 4) is 0 Å². The Bertz CT molecular complexity index is 997. The molecule has 1 saturated heterocycles. The largest absolute Gasteiger partial charge is 0.398 e. The van der Waals surface area contributed by atoms with E-state index in [1.165, 1.54) is 0 Å². The van der Waals surface area contributed by atoms with E-state index in [9.17, 15) is 9.59 Å². The summed E-state index contributed by atoms with van der Waals surface area (Å²) in [6.07, 6.45) is 3.38. The van der Waals surface area contributed by atoms with Crippen molar-refractivity contribution in [2.24, 2.45) is 10.7 Å². The molecule has 0 unspecified atom stereocenters. The lowest BCUT2D eigenvalue weighted by Crippen LogP contribution is -2.52. The number of allylic oxidation sites excluding steroid dienone is 1. The lowest BCUT2D eigenvalue weighted by molar-refractivity contribution is -0.131. The molecule has 2 aromatic carbocycles. The van der Waals surface area contributed by atoms with E-state index in [1.54, 1.807) is 53.4 Å². The first-order chi connectivity index (χ1) is 16.0. The summed E-state index contributed by atoms with van der Waals surface area (Å²) in [5.41, 5.74) is 9.00. The van der Waals surface area contributed by atoms with Crippen LogP contribution in [0, 0.1) is 0 Å². The fraction of sp³-hybridized carbons (Fsp3) is 0.292. The Labute approximate surface area is 199 Å². The van der Waals surface area contributed by atoms with Gasteiger partial charge < -0.3 is 26.2 Å². The molecule has 0 spiro atoms. The van der Waals surface area contributed by atoms with Gasteiger partial charge in [0.2, 0.25) is 5.91 Å². The topological polar surface area (TPSA) is 103 Å². The number of carbonyl (C=O) groups excluding carboxylic acids is 2. The number of hydrogen-bond donors (Lipinski definition) is 3. The summed E-state index contributed by atoms with van der Waals surface area (Å²) in [6.45, 7) is 2.88. The van der Waals surface area contributed by atoms with E-state index in [2.05, 4.69) is 15.6 Å². The SMILES string of the molecule is CNCC(=O)N1CCN(C(=O)c2ccc(NC/N=C\C=C(/N)c3ccc(Cl)cc3)cc2)CC1. The zero-order valence-corrected chi connectivity index (χ0v) is 19.4. The fourth-order valence-corrected chi connectivity index (χ4v) is 3.52. The molecule has 0 saturated carbocycles. The number of carbonyl (C=O) groups is 2. The maximum absolute atomic E-state index is 12.8. The normalized spacial score (nSPS) is 14.5. The van der Waals surface area contributed by atoms with Crippen molar-refractivity contribution in [3.63, 3.8) is 0 Å². The number of aliphatic imine (C=N–C) groups is 1. The molecular formula is C24H29ClN6O2. The van der Waals surface area contributed by atoms with Crippen LogP contribution in [0.2, 0.25) is 5.02 Å². The number of benzene rings is 2. The molecule has 0 bridgehead atoms. The smallest absolute Gasteiger partial charge is 0.253 e. The van der Waals surface area contributed by atoms with E-state index < -0.39 is 0 Å². The molecule has 2 amide bonds. The van der Waals surface area contributed by atoms with Gasteiger partial charge in [-0.25, -0.2) is 0 Å². The molecule has 0 aliphatic carbocycles. The zero-order chi connectivity index (χ0) is 23.6. The third kappa shape index (κ3) is 7.06. The molecule has 9 heteroatoms. The average molecular weight is 469 g/mol. The Hall–Kier alpha value is -3.36. The first-order valence-corrected chi connectivity index (χ1v) is 11.1. The number of halogens is 1. The van der Waals surface area contributed by atoms with Crippen molar-refractivity contribution in [1.29, 1.82) is 0 Å². The van der Waals surface area contributed by atoms with Gasteiger partial charge in [-0.3, -0.25) is 14.6 Å². The molecule has 0 aromatic heterocycles.